The van der Waals surface area contributed by atoms with Crippen molar-refractivity contribution < 1.29 is 9.90 Å². The number of benzene rings is 1. The molecule has 1 amide bonds. The molecule has 1 fully saturated rings. The van der Waals surface area contributed by atoms with Crippen LogP contribution >= 0.6 is 15.9 Å². The zero-order valence-corrected chi connectivity index (χ0v) is 12.3. The molecule has 1 aliphatic rings. The van der Waals surface area contributed by atoms with Gasteiger partial charge in [-0.1, -0.05) is 34.1 Å². The van der Waals surface area contributed by atoms with Crippen molar-refractivity contribution in [1.29, 1.82) is 0 Å². The summed E-state index contributed by atoms with van der Waals surface area (Å²) >= 11 is 3.44. The van der Waals surface area contributed by atoms with E-state index in [2.05, 4.69) is 21.2 Å². The van der Waals surface area contributed by atoms with Crippen LogP contribution < -0.4 is 5.32 Å². The summed E-state index contributed by atoms with van der Waals surface area (Å²) < 4.78 is 0.970. The lowest BCUT2D eigenvalue weighted by molar-refractivity contribution is -0.116. The van der Waals surface area contributed by atoms with Gasteiger partial charge < -0.3 is 10.4 Å². The molecule has 102 valence electrons. The number of nitrogens with one attached hydrogen (secondary N) is 1. The Morgan fingerprint density at radius 2 is 2.21 bits per heavy atom. The van der Waals surface area contributed by atoms with Gasteiger partial charge >= 0.3 is 0 Å². The first-order valence-corrected chi connectivity index (χ1v) is 7.33. The fourth-order valence-electron chi connectivity index (χ4n) is 2.31. The molecule has 0 radical (unpaired) electrons. The van der Waals surface area contributed by atoms with Crippen LogP contribution in [0.1, 0.15) is 24.8 Å². The number of aliphatic hydroxyl groups is 1. The first kappa shape index (κ1) is 14.3. The van der Waals surface area contributed by atoms with Crippen LogP contribution in [0.25, 0.3) is 6.08 Å². The molecule has 3 nitrogen and oxygen atoms in total. The van der Waals surface area contributed by atoms with Gasteiger partial charge in [0.1, 0.15) is 0 Å². The van der Waals surface area contributed by atoms with Crippen molar-refractivity contribution in [1.82, 2.24) is 5.32 Å². The number of hydrogen-bond donors (Lipinski definition) is 2. The average Bonchev–Trinajstić information content (AvgIpc) is 2.81. The summed E-state index contributed by atoms with van der Waals surface area (Å²) in [5.41, 5.74) is 0.980. The number of aliphatic hydroxyl groups excluding tert-OH is 1. The van der Waals surface area contributed by atoms with Crippen molar-refractivity contribution in [3.63, 3.8) is 0 Å². The predicted octanol–water partition coefficient (Wildman–Crippen LogP) is 2.74. The molecule has 0 spiro atoms. The van der Waals surface area contributed by atoms with Gasteiger partial charge in [-0.25, -0.2) is 0 Å². The molecule has 2 N–H and O–H groups in total. The highest BCUT2D eigenvalue weighted by Gasteiger charge is 2.22. The topological polar surface area (TPSA) is 49.3 Å². The van der Waals surface area contributed by atoms with Crippen LogP contribution in [0.3, 0.4) is 0 Å². The van der Waals surface area contributed by atoms with E-state index in [-0.39, 0.29) is 12.0 Å². The highest BCUT2D eigenvalue weighted by atomic mass is 79.9. The van der Waals surface area contributed by atoms with Crippen LogP contribution in [0.5, 0.6) is 0 Å². The normalized spacial score (nSPS) is 22.8. The number of hydrogen-bond acceptors (Lipinski definition) is 2. The third-order valence-electron chi connectivity index (χ3n) is 3.40. The van der Waals surface area contributed by atoms with E-state index in [4.69, 9.17) is 0 Å². The molecule has 0 heterocycles. The Kier molecular flexibility index (Phi) is 5.16. The molecule has 0 saturated heterocycles. The maximum atomic E-state index is 11.7. The number of amides is 1. The van der Waals surface area contributed by atoms with E-state index in [0.29, 0.717) is 12.5 Å². The lowest BCUT2D eigenvalue weighted by Crippen LogP contribution is -2.26. The van der Waals surface area contributed by atoms with Crippen LogP contribution in [0, 0.1) is 5.92 Å². The van der Waals surface area contributed by atoms with Crippen LogP contribution in [0.15, 0.2) is 34.8 Å². The standard InChI is InChI=1S/C15H18BrNO2/c16-14-4-2-1-3-12(14)6-8-15(19)17-10-11-5-7-13(18)9-11/h1-4,6,8,11,13,18H,5,7,9-10H2,(H,17,19)/b8-6+. The molecule has 1 aromatic rings. The van der Waals surface area contributed by atoms with Crippen LogP contribution in [0.4, 0.5) is 0 Å². The van der Waals surface area contributed by atoms with Crippen molar-refractivity contribution in [3.8, 4) is 0 Å². The van der Waals surface area contributed by atoms with Gasteiger partial charge in [-0.2, -0.15) is 0 Å². The number of carbonyl (C=O) groups is 1. The number of rotatable bonds is 4. The van der Waals surface area contributed by atoms with Crippen molar-refractivity contribution in [3.05, 3.63) is 40.4 Å². The molecule has 2 unspecified atom stereocenters. The lowest BCUT2D eigenvalue weighted by atomic mass is 10.1. The van der Waals surface area contributed by atoms with E-state index in [9.17, 15) is 9.90 Å². The molecule has 0 aliphatic heterocycles. The van der Waals surface area contributed by atoms with E-state index in [1.54, 1.807) is 12.2 Å². The van der Waals surface area contributed by atoms with E-state index in [1.807, 2.05) is 24.3 Å². The summed E-state index contributed by atoms with van der Waals surface area (Å²) in [5.74, 6) is 0.327. The molecule has 0 bridgehead atoms. The maximum Gasteiger partial charge on any atom is 0.244 e. The molecule has 0 aromatic heterocycles. The summed E-state index contributed by atoms with van der Waals surface area (Å²) in [6, 6.07) is 7.76. The third kappa shape index (κ3) is 4.48. The first-order chi connectivity index (χ1) is 9.15. The Morgan fingerprint density at radius 3 is 2.89 bits per heavy atom. The van der Waals surface area contributed by atoms with Crippen LogP contribution in [-0.4, -0.2) is 23.7 Å². The predicted molar refractivity (Wildman–Crippen MR) is 79.5 cm³/mol. The van der Waals surface area contributed by atoms with Crippen molar-refractivity contribution >= 4 is 27.9 Å². The Balaban J connectivity index is 1.80. The van der Waals surface area contributed by atoms with Gasteiger partial charge in [-0.05, 0) is 42.9 Å². The molecule has 19 heavy (non-hydrogen) atoms. The molecular weight excluding hydrogens is 306 g/mol. The van der Waals surface area contributed by atoms with E-state index < -0.39 is 0 Å². The van der Waals surface area contributed by atoms with Gasteiger partial charge in [0.05, 0.1) is 6.10 Å². The second-order valence-electron chi connectivity index (χ2n) is 4.93. The average molecular weight is 324 g/mol. The molecule has 1 saturated carbocycles. The van der Waals surface area contributed by atoms with Gasteiger partial charge in [-0.15, -0.1) is 0 Å². The third-order valence-corrected chi connectivity index (χ3v) is 4.12. The smallest absolute Gasteiger partial charge is 0.244 e. The maximum absolute atomic E-state index is 11.7. The Morgan fingerprint density at radius 1 is 1.42 bits per heavy atom. The summed E-state index contributed by atoms with van der Waals surface area (Å²) in [4.78, 5) is 11.7. The molecule has 2 atom stereocenters. The highest BCUT2D eigenvalue weighted by Crippen LogP contribution is 2.24. The summed E-state index contributed by atoms with van der Waals surface area (Å²) in [6.45, 7) is 0.649. The number of carbonyl (C=O) groups excluding carboxylic acids is 1. The van der Waals surface area contributed by atoms with Gasteiger partial charge in [0, 0.05) is 17.1 Å². The minimum atomic E-state index is -0.183. The fourth-order valence-corrected chi connectivity index (χ4v) is 2.73. The summed E-state index contributed by atoms with van der Waals surface area (Å²) in [5, 5.41) is 12.3. The van der Waals surface area contributed by atoms with Crippen molar-refractivity contribution in [2.24, 2.45) is 5.92 Å². The van der Waals surface area contributed by atoms with Crippen LogP contribution in [0.2, 0.25) is 0 Å². The highest BCUT2D eigenvalue weighted by molar-refractivity contribution is 9.10. The molecule has 1 aromatic carbocycles. The second kappa shape index (κ2) is 6.87. The Labute approximate surface area is 121 Å². The molecular formula is C15H18BrNO2. The van der Waals surface area contributed by atoms with Crippen LogP contribution in [-0.2, 0) is 4.79 Å². The first-order valence-electron chi connectivity index (χ1n) is 6.53. The van der Waals surface area contributed by atoms with Gasteiger partial charge in [0.25, 0.3) is 0 Å². The Bertz CT molecular complexity index is 473. The molecule has 1 aliphatic carbocycles. The van der Waals surface area contributed by atoms with E-state index >= 15 is 0 Å². The van der Waals surface area contributed by atoms with Gasteiger partial charge in [0.15, 0.2) is 0 Å². The quantitative estimate of drug-likeness (QED) is 0.837. The van der Waals surface area contributed by atoms with Crippen molar-refractivity contribution in [2.45, 2.75) is 25.4 Å². The largest absolute Gasteiger partial charge is 0.393 e. The summed E-state index contributed by atoms with van der Waals surface area (Å²) in [7, 11) is 0. The molecule has 4 heteroatoms. The zero-order chi connectivity index (χ0) is 13.7. The second-order valence-corrected chi connectivity index (χ2v) is 5.79. The van der Waals surface area contributed by atoms with E-state index in [0.717, 1.165) is 29.3 Å². The van der Waals surface area contributed by atoms with Gasteiger partial charge in [-0.3, -0.25) is 4.79 Å². The molecule has 2 rings (SSSR count). The lowest BCUT2D eigenvalue weighted by Gasteiger charge is -2.09. The fraction of sp³-hybridized carbons (Fsp3) is 0.400. The number of halogens is 1. The van der Waals surface area contributed by atoms with E-state index in [1.165, 1.54) is 0 Å². The zero-order valence-electron chi connectivity index (χ0n) is 10.7. The monoisotopic (exact) mass is 323 g/mol. The minimum Gasteiger partial charge on any atom is -0.393 e. The van der Waals surface area contributed by atoms with Crippen molar-refractivity contribution in [2.75, 3.05) is 6.54 Å². The summed E-state index contributed by atoms with van der Waals surface area (Å²) in [6.07, 6.45) is 5.81. The van der Waals surface area contributed by atoms with Gasteiger partial charge in [0.2, 0.25) is 5.91 Å². The Hall–Kier alpha value is -1.13. The SMILES string of the molecule is O=C(/C=C/c1ccccc1Br)NCC1CCC(O)C1. The minimum absolute atomic E-state index is 0.0860.